The number of benzene rings is 2. The Labute approximate surface area is 161 Å². The Kier molecular flexibility index (Phi) is 5.11. The molecule has 0 bridgehead atoms. The van der Waals surface area contributed by atoms with Crippen LogP contribution in [-0.4, -0.2) is 16.0 Å². The largest absolute Gasteiger partial charge is 0.439 e. The number of rotatable bonds is 6. The van der Waals surface area contributed by atoms with Crippen molar-refractivity contribution in [2.24, 2.45) is 0 Å². The van der Waals surface area contributed by atoms with Gasteiger partial charge >= 0.3 is 0 Å². The lowest BCUT2D eigenvalue weighted by Crippen LogP contribution is -2.23. The number of amides is 1. The first-order chi connectivity index (χ1) is 13.8. The fourth-order valence-electron chi connectivity index (χ4n) is 2.64. The molecule has 1 amide bonds. The second-order valence-corrected chi connectivity index (χ2v) is 6.04. The Morgan fingerprint density at radius 3 is 2.64 bits per heavy atom. The number of carbonyl (C=O) groups is 1. The van der Waals surface area contributed by atoms with Crippen LogP contribution in [0.3, 0.4) is 0 Å². The van der Waals surface area contributed by atoms with Crippen molar-refractivity contribution in [3.63, 3.8) is 0 Å². The van der Waals surface area contributed by atoms with Crippen LogP contribution in [0.25, 0.3) is 11.3 Å². The number of hydrogen-bond acceptors (Lipinski definition) is 5. The van der Waals surface area contributed by atoms with E-state index in [1.54, 1.807) is 18.3 Å². The van der Waals surface area contributed by atoms with Crippen molar-refractivity contribution in [2.45, 2.75) is 6.54 Å². The molecule has 0 atom stereocenters. The third-order valence-electron chi connectivity index (χ3n) is 4.01. The van der Waals surface area contributed by atoms with Crippen LogP contribution in [0.2, 0.25) is 0 Å². The fraction of sp³-hybridized carbons (Fsp3) is 0.0455. The predicted molar refractivity (Wildman–Crippen MR) is 104 cm³/mol. The van der Waals surface area contributed by atoms with Crippen molar-refractivity contribution in [1.29, 1.82) is 0 Å². The maximum absolute atomic E-state index is 12.4. The summed E-state index contributed by atoms with van der Waals surface area (Å²) in [6.07, 6.45) is 1.67. The highest BCUT2D eigenvalue weighted by Crippen LogP contribution is 2.21. The summed E-state index contributed by atoms with van der Waals surface area (Å²) in [7, 11) is 0. The highest BCUT2D eigenvalue weighted by atomic mass is 16.5. The molecule has 0 unspecified atom stereocenters. The fourth-order valence-corrected chi connectivity index (χ4v) is 2.64. The summed E-state index contributed by atoms with van der Waals surface area (Å²) in [5.41, 5.74) is 2.00. The molecule has 6 heteroatoms. The van der Waals surface area contributed by atoms with Gasteiger partial charge in [-0.05, 0) is 23.8 Å². The molecule has 0 aliphatic heterocycles. The zero-order chi connectivity index (χ0) is 19.2. The van der Waals surface area contributed by atoms with Gasteiger partial charge in [0.1, 0.15) is 5.75 Å². The highest BCUT2D eigenvalue weighted by Gasteiger charge is 2.13. The Morgan fingerprint density at radius 1 is 0.964 bits per heavy atom. The third-order valence-corrected chi connectivity index (χ3v) is 4.01. The molecule has 2 heterocycles. The summed E-state index contributed by atoms with van der Waals surface area (Å²) in [6, 6.07) is 24.1. The van der Waals surface area contributed by atoms with Crippen molar-refractivity contribution < 1.29 is 14.1 Å². The molecule has 6 nitrogen and oxygen atoms in total. The molecule has 28 heavy (non-hydrogen) atoms. The molecule has 0 saturated carbocycles. The number of pyridine rings is 1. The number of aromatic nitrogens is 2. The van der Waals surface area contributed by atoms with Gasteiger partial charge in [0.15, 0.2) is 11.5 Å². The number of nitrogens with zero attached hydrogens (tertiary/aromatic N) is 2. The predicted octanol–water partition coefficient (Wildman–Crippen LogP) is 4.46. The maximum Gasteiger partial charge on any atom is 0.273 e. The molecule has 0 spiro atoms. The Hall–Kier alpha value is -3.93. The van der Waals surface area contributed by atoms with Crippen LogP contribution < -0.4 is 10.1 Å². The Balaban J connectivity index is 1.39. The first kappa shape index (κ1) is 17.5. The van der Waals surface area contributed by atoms with Gasteiger partial charge in [-0.1, -0.05) is 53.7 Å². The quantitative estimate of drug-likeness (QED) is 0.541. The van der Waals surface area contributed by atoms with Crippen molar-refractivity contribution in [2.75, 3.05) is 0 Å². The van der Waals surface area contributed by atoms with Crippen LogP contribution >= 0.6 is 0 Å². The topological polar surface area (TPSA) is 77.2 Å². The van der Waals surface area contributed by atoms with Crippen LogP contribution in [0.5, 0.6) is 11.6 Å². The van der Waals surface area contributed by atoms with E-state index in [1.807, 2.05) is 66.7 Å². The SMILES string of the molecule is O=C(NCc1cccc(Oc2ccccn2)c1)c1cc(-c2ccccc2)on1. The second-order valence-electron chi connectivity index (χ2n) is 6.04. The summed E-state index contributed by atoms with van der Waals surface area (Å²) >= 11 is 0. The molecule has 0 fully saturated rings. The number of carbonyl (C=O) groups excluding carboxylic acids is 1. The van der Waals surface area contributed by atoms with Crippen LogP contribution in [0.4, 0.5) is 0 Å². The van der Waals surface area contributed by atoms with Gasteiger partial charge in [-0.25, -0.2) is 4.98 Å². The smallest absolute Gasteiger partial charge is 0.273 e. The molecule has 0 aliphatic carbocycles. The minimum atomic E-state index is -0.304. The van der Waals surface area contributed by atoms with Crippen LogP contribution in [0.1, 0.15) is 16.1 Å². The summed E-state index contributed by atoms with van der Waals surface area (Å²) < 4.78 is 11.0. The average molecular weight is 371 g/mol. The van der Waals surface area contributed by atoms with E-state index < -0.39 is 0 Å². The monoisotopic (exact) mass is 371 g/mol. The molecule has 4 aromatic rings. The maximum atomic E-state index is 12.4. The second kappa shape index (κ2) is 8.18. The van der Waals surface area contributed by atoms with E-state index in [1.165, 1.54) is 0 Å². The first-order valence-electron chi connectivity index (χ1n) is 8.76. The standard InChI is InChI=1S/C22H17N3O3/c26-22(19-14-20(28-25-19)17-8-2-1-3-9-17)24-15-16-7-6-10-18(13-16)27-21-11-4-5-12-23-21/h1-14H,15H2,(H,24,26). The van der Waals surface area contributed by atoms with Gasteiger partial charge < -0.3 is 14.6 Å². The zero-order valence-corrected chi connectivity index (χ0v) is 14.9. The summed E-state index contributed by atoms with van der Waals surface area (Å²) in [5, 5.41) is 6.70. The van der Waals surface area contributed by atoms with Gasteiger partial charge in [-0.15, -0.1) is 0 Å². The molecule has 2 aromatic heterocycles. The number of ether oxygens (including phenoxy) is 1. The normalized spacial score (nSPS) is 10.4. The lowest BCUT2D eigenvalue weighted by Gasteiger charge is -2.07. The van der Waals surface area contributed by atoms with Gasteiger partial charge in [-0.2, -0.15) is 0 Å². The van der Waals surface area contributed by atoms with E-state index in [4.69, 9.17) is 9.26 Å². The van der Waals surface area contributed by atoms with Crippen molar-refractivity contribution in [1.82, 2.24) is 15.5 Å². The molecule has 0 saturated heterocycles. The molecular formula is C22H17N3O3. The number of hydrogen-bond donors (Lipinski definition) is 1. The molecule has 0 aliphatic rings. The van der Waals surface area contributed by atoms with Gasteiger partial charge in [0.2, 0.25) is 5.88 Å². The van der Waals surface area contributed by atoms with Crippen LogP contribution in [0, 0.1) is 0 Å². The molecule has 2 aromatic carbocycles. The van der Waals surface area contributed by atoms with Crippen LogP contribution in [-0.2, 0) is 6.54 Å². The highest BCUT2D eigenvalue weighted by molar-refractivity contribution is 5.93. The van der Waals surface area contributed by atoms with Gasteiger partial charge in [-0.3, -0.25) is 4.79 Å². The van der Waals surface area contributed by atoms with Crippen molar-refractivity contribution in [3.8, 4) is 23.0 Å². The molecule has 138 valence electrons. The van der Waals surface area contributed by atoms with E-state index in [9.17, 15) is 4.79 Å². The zero-order valence-electron chi connectivity index (χ0n) is 14.9. The first-order valence-corrected chi connectivity index (χ1v) is 8.76. The molecule has 1 N–H and O–H groups in total. The summed E-state index contributed by atoms with van der Waals surface area (Å²) in [4.78, 5) is 16.5. The minimum Gasteiger partial charge on any atom is -0.439 e. The van der Waals surface area contributed by atoms with Crippen molar-refractivity contribution in [3.05, 3.63) is 96.3 Å². The van der Waals surface area contributed by atoms with Crippen LogP contribution in [0.15, 0.2) is 89.6 Å². The third kappa shape index (κ3) is 4.24. The van der Waals surface area contributed by atoms with Gasteiger partial charge in [0.05, 0.1) is 0 Å². The Bertz CT molecular complexity index is 1060. The van der Waals surface area contributed by atoms with Crippen molar-refractivity contribution >= 4 is 5.91 Å². The van der Waals surface area contributed by atoms with E-state index in [-0.39, 0.29) is 11.6 Å². The molecule has 0 radical (unpaired) electrons. The van der Waals surface area contributed by atoms with E-state index >= 15 is 0 Å². The summed E-state index contributed by atoms with van der Waals surface area (Å²) in [6.45, 7) is 0.339. The molecule has 4 rings (SSSR count). The van der Waals surface area contributed by atoms with Gasteiger partial charge in [0, 0.05) is 30.4 Å². The van der Waals surface area contributed by atoms with E-state index in [0.717, 1.165) is 11.1 Å². The lowest BCUT2D eigenvalue weighted by atomic mass is 10.1. The van der Waals surface area contributed by atoms with E-state index in [0.29, 0.717) is 23.9 Å². The average Bonchev–Trinajstić information content (AvgIpc) is 3.24. The molecular weight excluding hydrogens is 354 g/mol. The minimum absolute atomic E-state index is 0.236. The lowest BCUT2D eigenvalue weighted by molar-refractivity contribution is 0.0942. The van der Waals surface area contributed by atoms with Gasteiger partial charge in [0.25, 0.3) is 5.91 Å². The Morgan fingerprint density at radius 2 is 1.82 bits per heavy atom. The van der Waals surface area contributed by atoms with E-state index in [2.05, 4.69) is 15.5 Å². The summed E-state index contributed by atoms with van der Waals surface area (Å²) in [5.74, 6) is 1.41. The number of nitrogens with one attached hydrogen (secondary N) is 1.